The minimum atomic E-state index is -0.310. The van der Waals surface area contributed by atoms with Gasteiger partial charge in [0.05, 0.1) is 34.1 Å². The van der Waals surface area contributed by atoms with Crippen molar-refractivity contribution in [1.82, 2.24) is 0 Å². The molecule has 0 fully saturated rings. The predicted molar refractivity (Wildman–Crippen MR) is 177 cm³/mol. The van der Waals surface area contributed by atoms with Crippen molar-refractivity contribution in [3.8, 4) is 0 Å². The van der Waals surface area contributed by atoms with E-state index in [1.165, 1.54) is 12.1 Å². The molecule has 0 saturated heterocycles. The second-order valence-electron chi connectivity index (χ2n) is 10.4. The Bertz CT molecular complexity index is 2000. The molecule has 6 aromatic rings. The molecule has 1 unspecified atom stereocenters. The zero-order chi connectivity index (χ0) is 30.3. The van der Waals surface area contributed by atoms with Crippen molar-refractivity contribution < 1.29 is 4.39 Å². The number of fused-ring (bicyclic) bond motifs is 2. The molecule has 0 aliphatic rings. The molecular weight excluding hydrogens is 549 g/mol. The number of nitrogens with zero attached hydrogens (tertiary/aromatic N) is 6. The van der Waals surface area contributed by atoms with Crippen LogP contribution in [-0.2, 0) is 0 Å². The summed E-state index contributed by atoms with van der Waals surface area (Å²) >= 11 is 0. The summed E-state index contributed by atoms with van der Waals surface area (Å²) in [5, 5.41) is 34.3. The Morgan fingerprint density at radius 2 is 0.886 bits per heavy atom. The molecule has 0 bridgehead atoms. The fraction of sp³-hybridized carbons (Fsp3) is 0.111. The van der Waals surface area contributed by atoms with E-state index in [1.807, 2.05) is 66.7 Å². The molecule has 1 atom stereocenters. The first kappa shape index (κ1) is 28.5. The Balaban J connectivity index is 1.23. The highest BCUT2D eigenvalue weighted by Gasteiger charge is 2.09. The SMILES string of the molecule is CCC(C)Nc1ccc(/N=N/c2ccc(/N=N/c3ccc(/N=N/c4ccc(F)cc4)cc3)c3ccccc23)c2ccccc12. The Labute approximate surface area is 254 Å². The third-order valence-electron chi connectivity index (χ3n) is 7.29. The third kappa shape index (κ3) is 6.55. The Hall–Kier alpha value is -5.63. The first-order chi connectivity index (χ1) is 21.6. The van der Waals surface area contributed by atoms with Crippen LogP contribution < -0.4 is 5.32 Å². The summed E-state index contributed by atoms with van der Waals surface area (Å²) in [4.78, 5) is 0. The van der Waals surface area contributed by atoms with E-state index in [0.29, 0.717) is 23.1 Å². The van der Waals surface area contributed by atoms with Crippen LogP contribution in [0.5, 0.6) is 0 Å². The van der Waals surface area contributed by atoms with Crippen molar-refractivity contribution in [3.05, 3.63) is 127 Å². The van der Waals surface area contributed by atoms with E-state index in [1.54, 1.807) is 24.3 Å². The number of hydrogen-bond donors (Lipinski definition) is 1. The molecule has 7 nitrogen and oxygen atoms in total. The lowest BCUT2D eigenvalue weighted by Crippen LogP contribution is -2.13. The van der Waals surface area contributed by atoms with Gasteiger partial charge in [-0.25, -0.2) is 4.39 Å². The summed E-state index contributed by atoms with van der Waals surface area (Å²) in [5.41, 5.74) is 5.29. The molecule has 6 rings (SSSR count). The highest BCUT2D eigenvalue weighted by Crippen LogP contribution is 2.37. The minimum absolute atomic E-state index is 0.310. The van der Waals surface area contributed by atoms with Crippen molar-refractivity contribution in [1.29, 1.82) is 0 Å². The van der Waals surface area contributed by atoms with Gasteiger partial charge in [-0.15, -0.1) is 15.3 Å². The first-order valence-electron chi connectivity index (χ1n) is 14.5. The van der Waals surface area contributed by atoms with E-state index in [2.05, 4.69) is 68.0 Å². The van der Waals surface area contributed by atoms with Crippen LogP contribution in [0.4, 0.5) is 44.2 Å². The van der Waals surface area contributed by atoms with Gasteiger partial charge in [0.15, 0.2) is 0 Å². The van der Waals surface area contributed by atoms with Crippen molar-refractivity contribution in [2.75, 3.05) is 5.32 Å². The summed E-state index contributed by atoms with van der Waals surface area (Å²) < 4.78 is 13.1. The van der Waals surface area contributed by atoms with Crippen LogP contribution in [-0.4, -0.2) is 6.04 Å². The zero-order valence-electron chi connectivity index (χ0n) is 24.4. The molecule has 0 spiro atoms. The number of nitrogens with one attached hydrogen (secondary N) is 1. The molecule has 0 heterocycles. The Morgan fingerprint density at radius 1 is 0.500 bits per heavy atom. The molecular formula is C36H30FN7. The topological polar surface area (TPSA) is 86.2 Å². The standard InChI is InChI=1S/C36H30FN7/c1-3-24(2)38-33-20-21-35(30-9-5-4-8-29(30)33)43-44-36-23-22-34(31-10-6-7-11-32(31)36)42-41-28-18-16-27(17-19-28)40-39-26-14-12-25(37)13-15-26/h4-24,38H,3H2,1-2H3/b40-39+,42-41+,44-43+. The Kier molecular flexibility index (Phi) is 8.50. The molecule has 0 amide bonds. The van der Waals surface area contributed by atoms with Gasteiger partial charge in [-0.3, -0.25) is 0 Å². The molecule has 216 valence electrons. The molecule has 6 aromatic carbocycles. The van der Waals surface area contributed by atoms with Crippen molar-refractivity contribution in [3.63, 3.8) is 0 Å². The highest BCUT2D eigenvalue weighted by atomic mass is 19.1. The molecule has 8 heteroatoms. The summed E-state index contributed by atoms with van der Waals surface area (Å²) in [6.07, 6.45) is 1.04. The number of azo groups is 3. The van der Waals surface area contributed by atoms with E-state index in [9.17, 15) is 4.39 Å². The van der Waals surface area contributed by atoms with Crippen LogP contribution in [0.2, 0.25) is 0 Å². The van der Waals surface area contributed by atoms with Gasteiger partial charge >= 0.3 is 0 Å². The van der Waals surface area contributed by atoms with Crippen LogP contribution in [0.15, 0.2) is 152 Å². The van der Waals surface area contributed by atoms with Crippen LogP contribution >= 0.6 is 0 Å². The lowest BCUT2D eigenvalue weighted by Gasteiger charge is -2.15. The van der Waals surface area contributed by atoms with E-state index < -0.39 is 0 Å². The lowest BCUT2D eigenvalue weighted by atomic mass is 10.1. The van der Waals surface area contributed by atoms with E-state index >= 15 is 0 Å². The average Bonchev–Trinajstić information content (AvgIpc) is 3.07. The van der Waals surface area contributed by atoms with E-state index in [4.69, 9.17) is 0 Å². The monoisotopic (exact) mass is 579 g/mol. The fourth-order valence-electron chi connectivity index (χ4n) is 4.73. The van der Waals surface area contributed by atoms with Crippen molar-refractivity contribution in [2.24, 2.45) is 30.7 Å². The predicted octanol–water partition coefficient (Wildman–Crippen LogP) is 12.6. The second kappa shape index (κ2) is 13.1. The average molecular weight is 580 g/mol. The molecule has 0 aliphatic heterocycles. The number of rotatable bonds is 9. The van der Waals surface area contributed by atoms with Gasteiger partial charge in [-0.2, -0.15) is 15.3 Å². The molecule has 0 saturated carbocycles. The fourth-order valence-corrected chi connectivity index (χ4v) is 4.73. The Morgan fingerprint density at radius 3 is 1.39 bits per heavy atom. The van der Waals surface area contributed by atoms with Gasteiger partial charge in [0.25, 0.3) is 0 Å². The summed E-state index contributed by atoms with van der Waals surface area (Å²) in [6, 6.07) is 37.6. The molecule has 1 N–H and O–H groups in total. The quantitative estimate of drug-likeness (QED) is 0.170. The highest BCUT2D eigenvalue weighted by molar-refractivity contribution is 6.01. The number of halogens is 1. The maximum Gasteiger partial charge on any atom is 0.123 e. The number of benzene rings is 6. The number of anilines is 1. The van der Waals surface area contributed by atoms with Gasteiger partial charge in [0.2, 0.25) is 0 Å². The van der Waals surface area contributed by atoms with E-state index in [-0.39, 0.29) is 5.82 Å². The largest absolute Gasteiger partial charge is 0.382 e. The molecule has 0 radical (unpaired) electrons. The summed E-state index contributed by atoms with van der Waals surface area (Å²) in [5.74, 6) is -0.310. The first-order valence-corrected chi connectivity index (χ1v) is 14.5. The lowest BCUT2D eigenvalue weighted by molar-refractivity contribution is 0.628. The van der Waals surface area contributed by atoms with Crippen LogP contribution in [0.25, 0.3) is 21.5 Å². The molecule has 0 aromatic heterocycles. The summed E-state index contributed by atoms with van der Waals surface area (Å²) in [6.45, 7) is 4.35. The normalized spacial score (nSPS) is 12.6. The maximum atomic E-state index is 13.1. The van der Waals surface area contributed by atoms with Crippen LogP contribution in [0.1, 0.15) is 20.3 Å². The second-order valence-corrected chi connectivity index (χ2v) is 10.4. The minimum Gasteiger partial charge on any atom is -0.382 e. The van der Waals surface area contributed by atoms with Crippen LogP contribution in [0, 0.1) is 5.82 Å². The van der Waals surface area contributed by atoms with Gasteiger partial charge in [0, 0.05) is 33.3 Å². The third-order valence-corrected chi connectivity index (χ3v) is 7.29. The maximum absolute atomic E-state index is 13.1. The summed E-state index contributed by atoms with van der Waals surface area (Å²) in [7, 11) is 0. The van der Waals surface area contributed by atoms with Gasteiger partial charge < -0.3 is 5.32 Å². The van der Waals surface area contributed by atoms with E-state index in [0.717, 1.165) is 50.7 Å². The smallest absolute Gasteiger partial charge is 0.123 e. The molecule has 44 heavy (non-hydrogen) atoms. The van der Waals surface area contributed by atoms with Crippen molar-refractivity contribution >= 4 is 61.4 Å². The molecule has 0 aliphatic carbocycles. The zero-order valence-corrected chi connectivity index (χ0v) is 24.4. The van der Waals surface area contributed by atoms with Gasteiger partial charge in [-0.1, -0.05) is 55.5 Å². The van der Waals surface area contributed by atoms with Crippen LogP contribution in [0.3, 0.4) is 0 Å². The van der Waals surface area contributed by atoms with Gasteiger partial charge in [-0.05, 0) is 86.1 Å². The van der Waals surface area contributed by atoms with Gasteiger partial charge in [0.1, 0.15) is 5.82 Å². The number of hydrogen-bond acceptors (Lipinski definition) is 7. The van der Waals surface area contributed by atoms with Crippen molar-refractivity contribution in [2.45, 2.75) is 26.3 Å².